The molecule has 0 bridgehead atoms. The Hall–Kier alpha value is 0.220. The summed E-state index contributed by atoms with van der Waals surface area (Å²) in [7, 11) is -10.4. The van der Waals surface area contributed by atoms with E-state index in [-0.39, 0.29) is 0 Å². The zero-order chi connectivity index (χ0) is 11.2. The predicted octanol–water partition coefficient (Wildman–Crippen LogP) is -1.56. The van der Waals surface area contributed by atoms with Gasteiger partial charge in [-0.3, -0.25) is 0 Å². The summed E-state index contributed by atoms with van der Waals surface area (Å²) in [6.07, 6.45) is 0. The number of piperazine rings is 1. The van der Waals surface area contributed by atoms with E-state index in [1.807, 2.05) is 0 Å². The molecule has 6 N–H and O–H groups in total. The van der Waals surface area contributed by atoms with Gasteiger partial charge in [-0.1, -0.05) is 0 Å². The van der Waals surface area contributed by atoms with Gasteiger partial charge in [0.2, 0.25) is 0 Å². The fourth-order valence-corrected chi connectivity index (χ4v) is 0.604. The minimum atomic E-state index is -5.18. The third-order valence-corrected chi connectivity index (χ3v) is 4.01. The summed E-state index contributed by atoms with van der Waals surface area (Å²) in [6, 6.07) is 0. The summed E-state index contributed by atoms with van der Waals surface area (Å²) in [5, 5.41) is 6.44. The molecule has 86 valence electrons. The smallest absolute Gasteiger partial charge is 0.316 e. The molecule has 1 fully saturated rings. The summed E-state index contributed by atoms with van der Waals surface area (Å²) in [5.74, 6) is 0. The molecule has 0 atom stereocenters. The molecule has 10 heteroatoms. The van der Waals surface area contributed by atoms with Crippen molar-refractivity contribution in [2.45, 2.75) is 0 Å². The highest BCUT2D eigenvalue weighted by Crippen LogP contribution is 2.71. The van der Waals surface area contributed by atoms with Gasteiger partial charge in [-0.2, -0.15) is 0 Å². The molecule has 0 radical (unpaired) electrons. The van der Waals surface area contributed by atoms with Gasteiger partial charge in [-0.05, 0) is 0 Å². The van der Waals surface area contributed by atoms with Crippen LogP contribution in [0.25, 0.3) is 0 Å². The number of nitrogens with one attached hydrogen (secondary N) is 2. The number of hydrogen-bond donors (Lipinski definition) is 6. The van der Waals surface area contributed by atoms with Gasteiger partial charge in [0.05, 0.1) is 0 Å². The van der Waals surface area contributed by atoms with Gasteiger partial charge in [0.25, 0.3) is 0 Å². The van der Waals surface area contributed by atoms with Crippen LogP contribution < -0.4 is 10.6 Å². The Bertz CT molecular complexity index is 211. The topological polar surface area (TPSA) is 139 Å². The van der Waals surface area contributed by atoms with Gasteiger partial charge in [0.15, 0.2) is 0 Å². The molecule has 8 nitrogen and oxygen atoms in total. The van der Waals surface area contributed by atoms with E-state index in [2.05, 4.69) is 10.6 Å². The lowest BCUT2D eigenvalue weighted by Gasteiger charge is -2.11. The Balaban J connectivity index is 0.000000249. The maximum Gasteiger partial charge on any atom is 0.435 e. The van der Waals surface area contributed by atoms with Crippen LogP contribution in [-0.4, -0.2) is 45.8 Å². The summed E-state index contributed by atoms with van der Waals surface area (Å²) in [6.45, 7) is 4.56. The highest BCUT2D eigenvalue weighted by Gasteiger charge is 2.37. The maximum absolute atomic E-state index is 9.58. The third kappa shape index (κ3) is 6.64. The molecule has 0 spiro atoms. The molecule has 1 rings (SSSR count). The van der Waals surface area contributed by atoms with E-state index in [0.717, 1.165) is 26.2 Å². The molecule has 1 aliphatic heterocycles. The van der Waals surface area contributed by atoms with Crippen LogP contribution >= 0.6 is 14.6 Å². The van der Waals surface area contributed by atoms with Crippen LogP contribution in [0.1, 0.15) is 0 Å². The molecule has 0 saturated carbocycles. The normalized spacial score (nSPS) is 18.3. The van der Waals surface area contributed by atoms with Crippen LogP contribution in [0.15, 0.2) is 0 Å². The average molecular weight is 248 g/mol. The van der Waals surface area contributed by atoms with Crippen LogP contribution in [0.5, 0.6) is 0 Å². The highest BCUT2D eigenvalue weighted by molar-refractivity contribution is 8.26. The van der Waals surface area contributed by atoms with Gasteiger partial charge in [-0.15, -0.1) is 0 Å². The van der Waals surface area contributed by atoms with Crippen molar-refractivity contribution in [2.24, 2.45) is 0 Å². The van der Waals surface area contributed by atoms with Crippen LogP contribution in [0.2, 0.25) is 0 Å². The van der Waals surface area contributed by atoms with Gasteiger partial charge in [0, 0.05) is 26.2 Å². The summed E-state index contributed by atoms with van der Waals surface area (Å²) in [4.78, 5) is 30.8. The second-order valence-corrected chi connectivity index (χ2v) is 7.71. The lowest BCUT2D eigenvalue weighted by molar-refractivity contribution is 0.340. The first-order valence-electron chi connectivity index (χ1n) is 3.78. The monoisotopic (exact) mass is 248 g/mol. The van der Waals surface area contributed by atoms with E-state index in [0.29, 0.717) is 0 Å². The fourth-order valence-electron chi connectivity index (χ4n) is 0.604. The number of rotatable bonds is 1. The molecule has 1 saturated heterocycles. The predicted molar refractivity (Wildman–Crippen MR) is 49.8 cm³/mol. The van der Waals surface area contributed by atoms with Crippen molar-refractivity contribution in [2.75, 3.05) is 26.2 Å². The van der Waals surface area contributed by atoms with Gasteiger partial charge >= 0.3 is 14.6 Å². The first-order chi connectivity index (χ1) is 6.25. The van der Waals surface area contributed by atoms with E-state index >= 15 is 0 Å². The molecule has 0 aliphatic carbocycles. The number of hydrogen-bond acceptors (Lipinski definition) is 4. The molecule has 14 heavy (non-hydrogen) atoms. The second kappa shape index (κ2) is 5.95. The lowest BCUT2D eigenvalue weighted by atomic mass is 10.4. The molecule has 1 aliphatic rings. The van der Waals surface area contributed by atoms with Crippen LogP contribution in [-0.2, 0) is 9.13 Å². The van der Waals surface area contributed by atoms with Crippen molar-refractivity contribution in [1.82, 2.24) is 10.6 Å². The van der Waals surface area contributed by atoms with E-state index in [9.17, 15) is 9.13 Å². The van der Waals surface area contributed by atoms with Crippen molar-refractivity contribution in [3.8, 4) is 0 Å². The van der Waals surface area contributed by atoms with E-state index in [4.69, 9.17) is 19.6 Å². The Kier molecular flexibility index (Phi) is 6.04. The van der Waals surface area contributed by atoms with Crippen LogP contribution in [0.4, 0.5) is 0 Å². The quantitative estimate of drug-likeness (QED) is 0.306. The minimum absolute atomic E-state index is 1.14. The van der Waals surface area contributed by atoms with E-state index < -0.39 is 14.6 Å². The minimum Gasteiger partial charge on any atom is -0.316 e. The molecular weight excluding hydrogens is 234 g/mol. The standard InChI is InChI=1S/C4H10N2.H4O6P2/c1-2-6-4-3-5-1;1-7(2,3)8(4,5)6/h5-6H,1-4H2;(H2,1,2,3)(H2,4,5,6). The summed E-state index contributed by atoms with van der Waals surface area (Å²) >= 11 is 0. The van der Waals surface area contributed by atoms with Crippen molar-refractivity contribution in [3.05, 3.63) is 0 Å². The highest BCUT2D eigenvalue weighted by atomic mass is 32.1. The molecule has 0 aromatic carbocycles. The first-order valence-corrected chi connectivity index (χ1v) is 7.71. The van der Waals surface area contributed by atoms with Crippen LogP contribution in [0.3, 0.4) is 0 Å². The summed E-state index contributed by atoms with van der Waals surface area (Å²) in [5.41, 5.74) is 0. The maximum atomic E-state index is 9.58. The molecule has 0 unspecified atom stereocenters. The lowest BCUT2D eigenvalue weighted by Crippen LogP contribution is -2.39. The molecule has 1 heterocycles. The first kappa shape index (κ1) is 14.2. The van der Waals surface area contributed by atoms with Crippen molar-refractivity contribution >= 4 is 14.6 Å². The molecule has 0 amide bonds. The Morgan fingerprint density at radius 2 is 0.929 bits per heavy atom. The molecular formula is C4H14N2O6P2. The van der Waals surface area contributed by atoms with E-state index in [1.165, 1.54) is 0 Å². The van der Waals surface area contributed by atoms with Gasteiger partial charge in [0.1, 0.15) is 0 Å². The fraction of sp³-hybridized carbons (Fsp3) is 1.00. The Morgan fingerprint density at radius 1 is 0.714 bits per heavy atom. The Morgan fingerprint density at radius 3 is 1.00 bits per heavy atom. The molecule has 0 aromatic heterocycles. The van der Waals surface area contributed by atoms with Crippen molar-refractivity contribution in [3.63, 3.8) is 0 Å². The zero-order valence-electron chi connectivity index (χ0n) is 7.33. The third-order valence-electron chi connectivity index (χ3n) is 1.30. The van der Waals surface area contributed by atoms with Crippen molar-refractivity contribution in [1.29, 1.82) is 0 Å². The second-order valence-electron chi connectivity index (χ2n) is 2.53. The summed E-state index contributed by atoms with van der Waals surface area (Å²) < 4.78 is 19.2. The largest absolute Gasteiger partial charge is 0.435 e. The SMILES string of the molecule is C1CNCCN1.O=P(O)(O)P(=O)(O)O. The zero-order valence-corrected chi connectivity index (χ0v) is 9.12. The Labute approximate surface area is 80.9 Å². The van der Waals surface area contributed by atoms with E-state index in [1.54, 1.807) is 0 Å². The average Bonchev–Trinajstić information content (AvgIpc) is 2.05. The molecule has 0 aromatic rings. The van der Waals surface area contributed by atoms with Gasteiger partial charge in [-0.25, -0.2) is 9.13 Å². The van der Waals surface area contributed by atoms with Crippen molar-refractivity contribution < 1.29 is 28.7 Å². The van der Waals surface area contributed by atoms with Gasteiger partial charge < -0.3 is 30.2 Å². The van der Waals surface area contributed by atoms with Crippen LogP contribution in [0, 0.1) is 0 Å².